The van der Waals surface area contributed by atoms with Crippen LogP contribution in [0.3, 0.4) is 0 Å². The minimum absolute atomic E-state index is 0.0474. The second-order valence-corrected chi connectivity index (χ2v) is 13.9. The Morgan fingerprint density at radius 3 is 2.23 bits per heavy atom. The zero-order valence-electron chi connectivity index (χ0n) is 24.8. The summed E-state index contributed by atoms with van der Waals surface area (Å²) >= 11 is 0. The molecule has 4 fully saturated rings. The average Bonchev–Trinajstić information content (AvgIpc) is 3.73. The minimum Gasteiger partial charge on any atom is -0.444 e. The molecular formula is C30H48N4O6. The molecule has 224 valence electrons. The summed E-state index contributed by atoms with van der Waals surface area (Å²) in [6.45, 7) is 10.4. The first-order valence-electron chi connectivity index (χ1n) is 15.2. The lowest BCUT2D eigenvalue weighted by Gasteiger charge is -2.34. The van der Waals surface area contributed by atoms with E-state index in [2.05, 4.69) is 29.8 Å². The first kappa shape index (κ1) is 30.3. The van der Waals surface area contributed by atoms with Gasteiger partial charge in [-0.15, -0.1) is 0 Å². The summed E-state index contributed by atoms with van der Waals surface area (Å²) in [5.41, 5.74) is -0.821. The van der Waals surface area contributed by atoms with Crippen molar-refractivity contribution in [3.8, 4) is 0 Å². The Balaban J connectivity index is 1.54. The number of nitrogens with one attached hydrogen (secondary N) is 3. The molecule has 10 nitrogen and oxygen atoms in total. The standard InChI is InChI=1S/C30H48N4O6/c1-29(2,3)40-28(39)33-21-13-11-9-7-6-8-10-12-20(24(35)26(37)31-16-18-14-15-18)32-25(36)23-22-19(30(22,4)5)17-34(23)27(21)38/h18-23H,6-17H2,1-5H3,(H,31,37)(H,32,36)(H,33,39)/t19-,20-,21-,22-,23-/m0/s1. The van der Waals surface area contributed by atoms with Crippen molar-refractivity contribution in [3.05, 3.63) is 0 Å². The monoisotopic (exact) mass is 560 g/mol. The molecular weight excluding hydrogens is 512 g/mol. The van der Waals surface area contributed by atoms with E-state index in [9.17, 15) is 24.0 Å². The third-order valence-electron chi connectivity index (χ3n) is 9.09. The summed E-state index contributed by atoms with van der Waals surface area (Å²) in [6, 6.07) is -2.49. The van der Waals surface area contributed by atoms with Crippen LogP contribution in [0.5, 0.6) is 0 Å². The summed E-state index contributed by atoms with van der Waals surface area (Å²) in [6.07, 6.45) is 7.50. The Morgan fingerprint density at radius 1 is 0.975 bits per heavy atom. The van der Waals surface area contributed by atoms with E-state index in [4.69, 9.17) is 4.74 Å². The topological polar surface area (TPSA) is 134 Å². The van der Waals surface area contributed by atoms with E-state index in [1.807, 2.05) is 0 Å². The molecule has 10 heteroatoms. The van der Waals surface area contributed by atoms with Crippen molar-refractivity contribution in [1.82, 2.24) is 20.9 Å². The van der Waals surface area contributed by atoms with Gasteiger partial charge in [-0.3, -0.25) is 19.2 Å². The van der Waals surface area contributed by atoms with Gasteiger partial charge in [0.1, 0.15) is 17.7 Å². The molecule has 2 saturated carbocycles. The molecule has 0 aromatic carbocycles. The Morgan fingerprint density at radius 2 is 1.60 bits per heavy atom. The van der Waals surface area contributed by atoms with Crippen LogP contribution in [0.25, 0.3) is 0 Å². The van der Waals surface area contributed by atoms with Crippen LogP contribution in [-0.4, -0.2) is 71.3 Å². The van der Waals surface area contributed by atoms with Crippen molar-refractivity contribution in [2.75, 3.05) is 13.1 Å². The van der Waals surface area contributed by atoms with E-state index in [1.165, 1.54) is 0 Å². The number of hydrogen-bond acceptors (Lipinski definition) is 6. The van der Waals surface area contributed by atoms with Crippen LogP contribution in [0.1, 0.15) is 98.8 Å². The van der Waals surface area contributed by atoms with Crippen LogP contribution in [0.15, 0.2) is 0 Å². The molecule has 0 bridgehead atoms. The van der Waals surface area contributed by atoms with Crippen molar-refractivity contribution < 1.29 is 28.7 Å². The van der Waals surface area contributed by atoms with Gasteiger partial charge in [-0.05, 0) is 69.6 Å². The third kappa shape index (κ3) is 7.35. The molecule has 0 spiro atoms. The SMILES string of the molecule is CC(C)(C)OC(=O)N[C@H]1CCCCCCCC[C@@H](C(=O)C(=O)NCC2CC2)NC(=O)[C@@H]2[C@@H]3[C@H](CN2C1=O)C3(C)C. The Kier molecular flexibility index (Phi) is 9.15. The van der Waals surface area contributed by atoms with E-state index in [0.717, 1.165) is 51.4 Å². The second kappa shape index (κ2) is 12.1. The number of amides is 4. The number of rotatable bonds is 5. The zero-order valence-corrected chi connectivity index (χ0v) is 24.8. The van der Waals surface area contributed by atoms with Crippen LogP contribution in [0, 0.1) is 23.2 Å². The quantitative estimate of drug-likeness (QED) is 0.443. The molecule has 2 saturated heterocycles. The van der Waals surface area contributed by atoms with Crippen molar-refractivity contribution in [2.45, 2.75) is 123 Å². The van der Waals surface area contributed by atoms with E-state index in [-0.39, 0.29) is 23.2 Å². The molecule has 3 N–H and O–H groups in total. The molecule has 0 unspecified atom stereocenters. The third-order valence-corrected chi connectivity index (χ3v) is 9.09. The highest BCUT2D eigenvalue weighted by Gasteiger charge is 2.69. The summed E-state index contributed by atoms with van der Waals surface area (Å²) in [5.74, 6) is -1.42. The zero-order chi connectivity index (χ0) is 29.2. The molecule has 40 heavy (non-hydrogen) atoms. The van der Waals surface area contributed by atoms with Gasteiger partial charge >= 0.3 is 6.09 Å². The fraction of sp³-hybridized carbons (Fsp3) is 0.833. The van der Waals surface area contributed by atoms with Gasteiger partial charge in [-0.2, -0.15) is 0 Å². The van der Waals surface area contributed by atoms with Crippen LogP contribution in [0.2, 0.25) is 0 Å². The van der Waals surface area contributed by atoms with Crippen LogP contribution >= 0.6 is 0 Å². The lowest BCUT2D eigenvalue weighted by atomic mass is 9.98. The number of carbonyl (C=O) groups is 5. The number of piperidine rings is 1. The molecule has 2 heterocycles. The Bertz CT molecular complexity index is 1000. The number of alkyl carbamates (subject to hydrolysis) is 1. The summed E-state index contributed by atoms with van der Waals surface area (Å²) in [7, 11) is 0. The molecule has 4 amide bonds. The van der Waals surface area contributed by atoms with Gasteiger partial charge in [-0.25, -0.2) is 4.79 Å². The first-order chi connectivity index (χ1) is 18.8. The number of nitrogens with zero attached hydrogens (tertiary/aromatic N) is 1. The average molecular weight is 561 g/mol. The molecule has 0 radical (unpaired) electrons. The van der Waals surface area contributed by atoms with Gasteiger partial charge in [0.05, 0.1) is 6.04 Å². The number of ether oxygens (including phenoxy) is 1. The smallest absolute Gasteiger partial charge is 0.408 e. The summed E-state index contributed by atoms with van der Waals surface area (Å²) in [4.78, 5) is 67.8. The molecule has 2 aliphatic heterocycles. The lowest BCUT2D eigenvalue weighted by molar-refractivity contribution is -0.144. The van der Waals surface area contributed by atoms with Crippen molar-refractivity contribution in [3.63, 3.8) is 0 Å². The molecule has 0 aromatic heterocycles. The van der Waals surface area contributed by atoms with Crippen molar-refractivity contribution in [2.24, 2.45) is 23.2 Å². The van der Waals surface area contributed by atoms with Gasteiger partial charge in [0.15, 0.2) is 0 Å². The number of ketones is 1. The molecule has 0 aromatic rings. The highest BCUT2D eigenvalue weighted by molar-refractivity contribution is 6.38. The van der Waals surface area contributed by atoms with E-state index < -0.39 is 47.4 Å². The molecule has 2 aliphatic carbocycles. The highest BCUT2D eigenvalue weighted by atomic mass is 16.6. The highest BCUT2D eigenvalue weighted by Crippen LogP contribution is 2.65. The Hall–Kier alpha value is -2.65. The van der Waals surface area contributed by atoms with Crippen LogP contribution < -0.4 is 16.0 Å². The maximum absolute atomic E-state index is 13.9. The minimum atomic E-state index is -0.926. The van der Waals surface area contributed by atoms with E-state index >= 15 is 0 Å². The van der Waals surface area contributed by atoms with Gasteiger partial charge in [-0.1, -0.05) is 52.4 Å². The van der Waals surface area contributed by atoms with Gasteiger partial charge in [0.25, 0.3) is 5.91 Å². The summed E-state index contributed by atoms with van der Waals surface area (Å²) in [5, 5.41) is 8.40. The predicted octanol–water partition coefficient (Wildman–Crippen LogP) is 3.08. The normalized spacial score (nSPS) is 31.0. The molecule has 4 aliphatic rings. The number of carbonyl (C=O) groups excluding carboxylic acids is 5. The van der Waals surface area contributed by atoms with E-state index in [1.54, 1.807) is 25.7 Å². The molecule has 5 atom stereocenters. The Labute approximate surface area is 238 Å². The maximum Gasteiger partial charge on any atom is 0.408 e. The van der Waals surface area contributed by atoms with Crippen molar-refractivity contribution in [1.29, 1.82) is 0 Å². The first-order valence-corrected chi connectivity index (χ1v) is 15.2. The lowest BCUT2D eigenvalue weighted by Crippen LogP contribution is -2.58. The van der Waals surface area contributed by atoms with Crippen molar-refractivity contribution >= 4 is 29.6 Å². The predicted molar refractivity (Wildman–Crippen MR) is 149 cm³/mol. The maximum atomic E-state index is 13.9. The second-order valence-electron chi connectivity index (χ2n) is 13.9. The van der Waals surface area contributed by atoms with Gasteiger partial charge < -0.3 is 25.6 Å². The number of hydrogen-bond donors (Lipinski definition) is 3. The van der Waals surface area contributed by atoms with Gasteiger partial charge in [0, 0.05) is 13.1 Å². The number of Topliss-reactive ketones (excluding diaryl/α,β-unsaturated/α-hetero) is 1. The van der Waals surface area contributed by atoms with Gasteiger partial charge in [0.2, 0.25) is 17.6 Å². The number of fused-ring (bicyclic) bond motifs is 3. The fourth-order valence-corrected chi connectivity index (χ4v) is 6.45. The largest absolute Gasteiger partial charge is 0.444 e. The molecule has 4 rings (SSSR count). The van der Waals surface area contributed by atoms with E-state index in [0.29, 0.717) is 31.8 Å². The van der Waals surface area contributed by atoms with Crippen LogP contribution in [0.4, 0.5) is 4.79 Å². The fourth-order valence-electron chi connectivity index (χ4n) is 6.45. The summed E-state index contributed by atoms with van der Waals surface area (Å²) < 4.78 is 5.44. The van der Waals surface area contributed by atoms with Crippen LogP contribution in [-0.2, 0) is 23.9 Å².